The largest absolute Gasteiger partial charge is 0.271 e. The molecule has 0 spiro atoms. The van der Waals surface area contributed by atoms with Crippen LogP contribution in [0.4, 0.5) is 5.69 Å². The zero-order valence-electron chi connectivity index (χ0n) is 20.6. The Kier molecular flexibility index (Phi) is 7.75. The first-order valence-corrected chi connectivity index (χ1v) is 13.3. The molecule has 0 atom stereocenters. The maximum absolute atomic E-state index is 13.5. The van der Waals surface area contributed by atoms with E-state index in [1.165, 1.54) is 18.3 Å². The van der Waals surface area contributed by atoms with Crippen LogP contribution in [-0.4, -0.2) is 36.9 Å². The van der Waals surface area contributed by atoms with Crippen LogP contribution in [0.2, 0.25) is 5.15 Å². The summed E-state index contributed by atoms with van der Waals surface area (Å²) in [7, 11) is -4.01. The molecule has 3 aromatic carbocycles. The number of para-hydroxylation sites is 1. The second kappa shape index (κ2) is 11.0. The fourth-order valence-corrected chi connectivity index (χ4v) is 5.60. The molecule has 0 saturated heterocycles. The number of hydrogen-bond donors (Lipinski definition) is 1. The third kappa shape index (κ3) is 5.90. The summed E-state index contributed by atoms with van der Waals surface area (Å²) in [5.41, 5.74) is 6.67. The number of sulfonamides is 1. The van der Waals surface area contributed by atoms with Crippen molar-refractivity contribution in [1.82, 2.24) is 15.2 Å². The summed E-state index contributed by atoms with van der Waals surface area (Å²) in [6, 6.07) is 22.9. The third-order valence-electron chi connectivity index (χ3n) is 5.61. The summed E-state index contributed by atoms with van der Waals surface area (Å²) in [6.07, 6.45) is 1.40. The van der Waals surface area contributed by atoms with Gasteiger partial charge in [-0.2, -0.15) is 10.2 Å². The van der Waals surface area contributed by atoms with E-state index in [1.54, 1.807) is 35.0 Å². The molecule has 0 radical (unpaired) electrons. The Balaban J connectivity index is 1.57. The van der Waals surface area contributed by atoms with Crippen molar-refractivity contribution in [1.29, 1.82) is 0 Å². The lowest BCUT2D eigenvalue weighted by molar-refractivity contribution is -0.119. The van der Waals surface area contributed by atoms with Crippen LogP contribution < -0.4 is 9.73 Å². The topological polar surface area (TPSA) is 96.7 Å². The fraction of sp³-hybridized carbons (Fsp3) is 0.148. The van der Waals surface area contributed by atoms with E-state index in [-0.39, 0.29) is 10.0 Å². The minimum atomic E-state index is -4.01. The number of carbonyl (C=O) groups excluding carboxylic acids is 1. The van der Waals surface area contributed by atoms with Crippen LogP contribution >= 0.6 is 11.6 Å². The number of aromatic nitrogens is 2. The molecule has 1 N–H and O–H groups in total. The van der Waals surface area contributed by atoms with Crippen molar-refractivity contribution in [3.8, 4) is 5.69 Å². The first-order chi connectivity index (χ1) is 17.7. The minimum absolute atomic E-state index is 0.0844. The highest BCUT2D eigenvalue weighted by Crippen LogP contribution is 2.26. The van der Waals surface area contributed by atoms with Crippen molar-refractivity contribution >= 4 is 39.4 Å². The molecule has 0 aliphatic rings. The molecule has 0 fully saturated rings. The Hall–Kier alpha value is -3.95. The Morgan fingerprint density at radius 2 is 1.59 bits per heavy atom. The molecule has 0 bridgehead atoms. The van der Waals surface area contributed by atoms with Gasteiger partial charge in [0, 0.05) is 0 Å². The normalized spacial score (nSPS) is 11.6. The summed E-state index contributed by atoms with van der Waals surface area (Å²) in [5, 5.41) is 8.59. The number of nitrogens with zero attached hydrogens (tertiary/aromatic N) is 4. The van der Waals surface area contributed by atoms with E-state index in [4.69, 9.17) is 11.6 Å². The van der Waals surface area contributed by atoms with E-state index < -0.39 is 22.5 Å². The summed E-state index contributed by atoms with van der Waals surface area (Å²) >= 11 is 6.31. The first-order valence-electron chi connectivity index (χ1n) is 11.5. The molecule has 37 heavy (non-hydrogen) atoms. The van der Waals surface area contributed by atoms with E-state index in [0.29, 0.717) is 11.3 Å². The smallest absolute Gasteiger partial charge is 0.264 e. The number of aryl methyl sites for hydroxylation is 2. The number of hydrogen-bond acceptors (Lipinski definition) is 5. The molecule has 1 aromatic heterocycles. The average Bonchev–Trinajstić information content (AvgIpc) is 3.16. The maximum Gasteiger partial charge on any atom is 0.264 e. The van der Waals surface area contributed by atoms with Gasteiger partial charge in [-0.25, -0.2) is 18.5 Å². The van der Waals surface area contributed by atoms with Crippen LogP contribution in [-0.2, 0) is 14.8 Å². The summed E-state index contributed by atoms with van der Waals surface area (Å²) < 4.78 is 29.7. The van der Waals surface area contributed by atoms with E-state index in [1.807, 2.05) is 57.2 Å². The van der Waals surface area contributed by atoms with Gasteiger partial charge in [0.1, 0.15) is 6.54 Å². The van der Waals surface area contributed by atoms with Crippen molar-refractivity contribution in [2.45, 2.75) is 25.7 Å². The van der Waals surface area contributed by atoms with Gasteiger partial charge in [-0.05, 0) is 68.3 Å². The number of hydrazone groups is 1. The van der Waals surface area contributed by atoms with Crippen molar-refractivity contribution in [3.05, 3.63) is 106 Å². The molecular weight excluding hydrogens is 510 g/mol. The number of benzene rings is 3. The number of anilines is 1. The van der Waals surface area contributed by atoms with Gasteiger partial charge in [0.25, 0.3) is 15.9 Å². The zero-order valence-corrected chi connectivity index (χ0v) is 22.2. The van der Waals surface area contributed by atoms with Crippen molar-refractivity contribution < 1.29 is 13.2 Å². The van der Waals surface area contributed by atoms with Crippen molar-refractivity contribution in [2.24, 2.45) is 5.10 Å². The highest BCUT2D eigenvalue weighted by molar-refractivity contribution is 7.92. The molecule has 1 amide bonds. The Morgan fingerprint density at radius 1 is 1.00 bits per heavy atom. The van der Waals surface area contributed by atoms with Crippen LogP contribution in [0, 0.1) is 20.8 Å². The summed E-state index contributed by atoms with van der Waals surface area (Å²) in [4.78, 5) is 13.0. The predicted octanol–water partition coefficient (Wildman–Crippen LogP) is 4.80. The number of amides is 1. The van der Waals surface area contributed by atoms with Gasteiger partial charge in [0.2, 0.25) is 0 Å². The lowest BCUT2D eigenvalue weighted by atomic mass is 10.1. The molecule has 0 aliphatic heterocycles. The molecule has 1 heterocycles. The third-order valence-corrected chi connectivity index (χ3v) is 7.68. The van der Waals surface area contributed by atoms with Crippen LogP contribution in [0.5, 0.6) is 0 Å². The average molecular weight is 536 g/mol. The van der Waals surface area contributed by atoms with E-state index in [2.05, 4.69) is 15.6 Å². The fourth-order valence-electron chi connectivity index (χ4n) is 3.91. The first kappa shape index (κ1) is 26.1. The van der Waals surface area contributed by atoms with Crippen LogP contribution in [0.3, 0.4) is 0 Å². The molecule has 0 aliphatic carbocycles. The molecule has 4 aromatic rings. The maximum atomic E-state index is 13.5. The van der Waals surface area contributed by atoms with Crippen molar-refractivity contribution in [2.75, 3.05) is 10.8 Å². The SMILES string of the molecule is Cc1cc(C)cc(N(CC(=O)N/N=C\c2c(Cl)nn(-c3ccccc3)c2C)S(=O)(=O)c2ccccc2)c1. The number of nitrogens with one attached hydrogen (secondary N) is 1. The van der Waals surface area contributed by atoms with Gasteiger partial charge in [-0.15, -0.1) is 0 Å². The molecule has 10 heteroatoms. The van der Waals surface area contributed by atoms with E-state index in [9.17, 15) is 13.2 Å². The molecule has 8 nitrogen and oxygen atoms in total. The number of halogens is 1. The molecule has 0 unspecified atom stereocenters. The monoisotopic (exact) mass is 535 g/mol. The lowest BCUT2D eigenvalue weighted by Crippen LogP contribution is -2.39. The highest BCUT2D eigenvalue weighted by atomic mass is 35.5. The lowest BCUT2D eigenvalue weighted by Gasteiger charge is -2.24. The quantitative estimate of drug-likeness (QED) is 0.259. The van der Waals surface area contributed by atoms with Gasteiger partial charge in [-0.3, -0.25) is 9.10 Å². The molecule has 4 rings (SSSR count). The standard InChI is InChI=1S/C27H26ClN5O3S/c1-19-14-20(2)16-23(15-19)32(37(35,36)24-12-8-5-9-13-24)18-26(34)30-29-17-25-21(3)33(31-27(25)28)22-10-6-4-7-11-22/h4-17H,18H2,1-3H3,(H,30,34)/b29-17-. The molecular formula is C27H26ClN5O3S. The van der Waals surface area contributed by atoms with Gasteiger partial charge >= 0.3 is 0 Å². The zero-order chi connectivity index (χ0) is 26.6. The Bertz CT molecular complexity index is 1530. The van der Waals surface area contributed by atoms with Gasteiger partial charge in [0.05, 0.1) is 33.7 Å². The second-order valence-electron chi connectivity index (χ2n) is 8.50. The van der Waals surface area contributed by atoms with E-state index >= 15 is 0 Å². The molecule has 0 saturated carbocycles. The summed E-state index contributed by atoms with van der Waals surface area (Å²) in [5.74, 6) is -0.612. The van der Waals surface area contributed by atoms with Gasteiger partial charge in [0.15, 0.2) is 5.15 Å². The van der Waals surface area contributed by atoms with Crippen LogP contribution in [0.25, 0.3) is 5.69 Å². The van der Waals surface area contributed by atoms with Crippen molar-refractivity contribution in [3.63, 3.8) is 0 Å². The Labute approximate surface area is 221 Å². The predicted molar refractivity (Wildman–Crippen MR) is 146 cm³/mol. The number of carbonyl (C=O) groups is 1. The minimum Gasteiger partial charge on any atom is -0.271 e. The highest BCUT2D eigenvalue weighted by Gasteiger charge is 2.27. The number of rotatable bonds is 8. The second-order valence-corrected chi connectivity index (χ2v) is 10.7. The summed E-state index contributed by atoms with van der Waals surface area (Å²) in [6.45, 7) is 5.11. The van der Waals surface area contributed by atoms with E-state index in [0.717, 1.165) is 26.8 Å². The van der Waals surface area contributed by atoms with Gasteiger partial charge < -0.3 is 0 Å². The van der Waals surface area contributed by atoms with Crippen LogP contribution in [0.1, 0.15) is 22.4 Å². The van der Waals surface area contributed by atoms with Crippen LogP contribution in [0.15, 0.2) is 88.9 Å². The molecule has 190 valence electrons. The van der Waals surface area contributed by atoms with Gasteiger partial charge in [-0.1, -0.05) is 54.1 Å². The Morgan fingerprint density at radius 3 is 2.22 bits per heavy atom.